The van der Waals surface area contributed by atoms with E-state index in [1.165, 1.54) is 0 Å². The average Bonchev–Trinajstić information content (AvgIpc) is 3.15. The minimum Gasteiger partial charge on any atom is -0.506 e. The molecular weight excluding hydrogens is 616 g/mol. The van der Waals surface area contributed by atoms with E-state index in [1.54, 1.807) is 72.8 Å². The SMILES string of the molecule is Oc1c(O)c(O)c2c(-c3ccccc3)c3c(O)c(-c4ccccc4)c(O)c(O)c3c(-c3ccc(-c4ccc5ccccc5c4)cc3)c2c1O. The smallest absolute Gasteiger partial charge is 0.204 e. The molecule has 0 aromatic heterocycles. The van der Waals surface area contributed by atoms with E-state index >= 15 is 0 Å². The van der Waals surface area contributed by atoms with Crippen molar-refractivity contribution in [2.45, 2.75) is 0 Å². The van der Waals surface area contributed by atoms with Crippen molar-refractivity contribution in [3.63, 3.8) is 0 Å². The van der Waals surface area contributed by atoms with Gasteiger partial charge < -0.3 is 35.7 Å². The zero-order valence-electron chi connectivity index (χ0n) is 25.8. The van der Waals surface area contributed by atoms with Gasteiger partial charge in [-0.05, 0) is 44.7 Å². The van der Waals surface area contributed by atoms with Crippen LogP contribution in [0.5, 0.6) is 40.2 Å². The van der Waals surface area contributed by atoms with Crippen LogP contribution in [0.4, 0.5) is 0 Å². The standard InChI is InChI=1S/C42H28O7/c43-36-31(25-12-5-2-6-13-25)37(44)38(45)33-30(26-18-15-23(16-19-26)28-20-17-22-9-7-8-14-27(22)21-28)35-34(39(46)41(48)42(49)40(35)47)29(32(33)36)24-10-3-1-4-11-24/h1-21,43-49H. The molecule has 0 fully saturated rings. The number of benzene rings is 8. The van der Waals surface area contributed by atoms with E-state index < -0.39 is 40.2 Å². The maximum Gasteiger partial charge on any atom is 0.204 e. The van der Waals surface area contributed by atoms with Crippen molar-refractivity contribution in [2.24, 2.45) is 0 Å². The van der Waals surface area contributed by atoms with E-state index in [1.807, 2.05) is 48.5 Å². The van der Waals surface area contributed by atoms with Gasteiger partial charge in [0, 0.05) is 32.7 Å². The lowest BCUT2D eigenvalue weighted by atomic mass is 9.82. The summed E-state index contributed by atoms with van der Waals surface area (Å²) in [5.41, 5.74) is 3.30. The Labute approximate surface area is 279 Å². The molecule has 238 valence electrons. The summed E-state index contributed by atoms with van der Waals surface area (Å²) in [7, 11) is 0. The van der Waals surface area contributed by atoms with Gasteiger partial charge in [-0.1, -0.05) is 121 Å². The van der Waals surface area contributed by atoms with Crippen LogP contribution in [-0.4, -0.2) is 35.7 Å². The van der Waals surface area contributed by atoms with E-state index in [0.29, 0.717) is 16.7 Å². The molecule has 0 heterocycles. The molecule has 0 bridgehead atoms. The molecule has 0 radical (unpaired) electrons. The summed E-state index contributed by atoms with van der Waals surface area (Å²) in [6, 6.07) is 38.6. The molecule has 8 aromatic rings. The van der Waals surface area contributed by atoms with E-state index in [4.69, 9.17) is 0 Å². The van der Waals surface area contributed by atoms with Crippen molar-refractivity contribution in [3.05, 3.63) is 127 Å². The van der Waals surface area contributed by atoms with Crippen LogP contribution in [0.2, 0.25) is 0 Å². The molecule has 0 saturated carbocycles. The molecule has 0 unspecified atom stereocenters. The Morgan fingerprint density at radius 1 is 0.245 bits per heavy atom. The highest BCUT2D eigenvalue weighted by molar-refractivity contribution is 6.29. The van der Waals surface area contributed by atoms with Crippen LogP contribution in [-0.2, 0) is 0 Å². The Morgan fingerprint density at radius 3 is 1.18 bits per heavy atom. The molecule has 0 spiro atoms. The third kappa shape index (κ3) is 4.44. The van der Waals surface area contributed by atoms with Crippen LogP contribution in [0.25, 0.3) is 76.8 Å². The van der Waals surface area contributed by atoms with Crippen molar-refractivity contribution < 1.29 is 35.7 Å². The molecule has 49 heavy (non-hydrogen) atoms. The Kier molecular flexibility index (Phi) is 6.71. The van der Waals surface area contributed by atoms with Crippen LogP contribution >= 0.6 is 0 Å². The topological polar surface area (TPSA) is 142 Å². The molecule has 0 saturated heterocycles. The van der Waals surface area contributed by atoms with E-state index in [-0.39, 0.29) is 38.2 Å². The molecule has 7 heteroatoms. The Hall–Kier alpha value is -6.86. The van der Waals surface area contributed by atoms with Crippen LogP contribution in [0.3, 0.4) is 0 Å². The van der Waals surface area contributed by atoms with Crippen LogP contribution < -0.4 is 0 Å². The first-order chi connectivity index (χ1) is 23.8. The van der Waals surface area contributed by atoms with Gasteiger partial charge in [0.1, 0.15) is 5.75 Å². The fourth-order valence-electron chi connectivity index (χ4n) is 6.89. The minimum atomic E-state index is -0.966. The summed E-state index contributed by atoms with van der Waals surface area (Å²) in [5.74, 6) is -5.02. The zero-order valence-corrected chi connectivity index (χ0v) is 25.8. The first kappa shape index (κ1) is 29.5. The monoisotopic (exact) mass is 644 g/mol. The van der Waals surface area contributed by atoms with Crippen molar-refractivity contribution >= 4 is 32.3 Å². The fraction of sp³-hybridized carbons (Fsp3) is 0. The number of phenols is 7. The van der Waals surface area contributed by atoms with Crippen LogP contribution in [0.1, 0.15) is 0 Å². The molecule has 7 N–H and O–H groups in total. The summed E-state index contributed by atoms with van der Waals surface area (Å²) in [5, 5.41) is 82.2. The number of aromatic hydroxyl groups is 7. The molecule has 7 nitrogen and oxygen atoms in total. The second-order valence-corrected chi connectivity index (χ2v) is 11.9. The molecule has 0 atom stereocenters. The van der Waals surface area contributed by atoms with E-state index in [2.05, 4.69) is 6.07 Å². The van der Waals surface area contributed by atoms with Crippen molar-refractivity contribution in [1.29, 1.82) is 0 Å². The Balaban J connectivity index is 1.53. The maximum atomic E-state index is 12.1. The summed E-state index contributed by atoms with van der Waals surface area (Å²) in [6.07, 6.45) is 0. The van der Waals surface area contributed by atoms with Gasteiger partial charge >= 0.3 is 0 Å². The number of rotatable bonds is 4. The lowest BCUT2D eigenvalue weighted by Gasteiger charge is -2.23. The number of hydrogen-bond donors (Lipinski definition) is 7. The average molecular weight is 645 g/mol. The Morgan fingerprint density at radius 2 is 0.633 bits per heavy atom. The molecule has 0 aliphatic heterocycles. The summed E-state index contributed by atoms with van der Waals surface area (Å²) in [6.45, 7) is 0. The van der Waals surface area contributed by atoms with Gasteiger partial charge in [0.15, 0.2) is 23.0 Å². The van der Waals surface area contributed by atoms with Crippen LogP contribution in [0, 0.1) is 0 Å². The Bertz CT molecular complexity index is 2600. The number of fused-ring (bicyclic) bond motifs is 3. The highest BCUT2D eigenvalue weighted by Gasteiger charge is 2.32. The van der Waals surface area contributed by atoms with Gasteiger partial charge in [0.05, 0.1) is 5.56 Å². The normalized spacial score (nSPS) is 11.4. The molecule has 8 aromatic carbocycles. The fourth-order valence-corrected chi connectivity index (χ4v) is 6.89. The van der Waals surface area contributed by atoms with Crippen molar-refractivity contribution in [3.8, 4) is 84.8 Å². The highest BCUT2D eigenvalue weighted by Crippen LogP contribution is 2.61. The van der Waals surface area contributed by atoms with Gasteiger partial charge in [0.25, 0.3) is 0 Å². The maximum absolute atomic E-state index is 12.1. The lowest BCUT2D eigenvalue weighted by Crippen LogP contribution is -1.95. The third-order valence-corrected chi connectivity index (χ3v) is 9.20. The number of hydrogen-bond acceptors (Lipinski definition) is 7. The predicted molar refractivity (Wildman–Crippen MR) is 192 cm³/mol. The molecule has 0 aliphatic rings. The summed E-state index contributed by atoms with van der Waals surface area (Å²) < 4.78 is 0. The molecular formula is C42H28O7. The quantitative estimate of drug-likeness (QED) is 0.0574. The zero-order chi connectivity index (χ0) is 34.0. The summed E-state index contributed by atoms with van der Waals surface area (Å²) >= 11 is 0. The summed E-state index contributed by atoms with van der Waals surface area (Å²) in [4.78, 5) is 0. The van der Waals surface area contributed by atoms with E-state index in [0.717, 1.165) is 21.9 Å². The molecule has 8 rings (SSSR count). The lowest BCUT2D eigenvalue weighted by molar-refractivity contribution is 0.351. The first-order valence-electron chi connectivity index (χ1n) is 15.5. The second kappa shape index (κ2) is 11.1. The van der Waals surface area contributed by atoms with Crippen molar-refractivity contribution in [2.75, 3.05) is 0 Å². The largest absolute Gasteiger partial charge is 0.506 e. The highest BCUT2D eigenvalue weighted by atomic mass is 16.3. The van der Waals surface area contributed by atoms with Crippen molar-refractivity contribution in [1.82, 2.24) is 0 Å². The molecule has 0 aliphatic carbocycles. The predicted octanol–water partition coefficient (Wildman–Crippen LogP) is 9.75. The molecule has 0 amide bonds. The van der Waals surface area contributed by atoms with Gasteiger partial charge in [-0.2, -0.15) is 0 Å². The third-order valence-electron chi connectivity index (χ3n) is 9.20. The van der Waals surface area contributed by atoms with Crippen LogP contribution in [0.15, 0.2) is 127 Å². The minimum absolute atomic E-state index is 0.0423. The van der Waals surface area contributed by atoms with Gasteiger partial charge in [0.2, 0.25) is 11.5 Å². The van der Waals surface area contributed by atoms with E-state index in [9.17, 15) is 35.7 Å². The first-order valence-corrected chi connectivity index (χ1v) is 15.5. The van der Waals surface area contributed by atoms with Gasteiger partial charge in [-0.25, -0.2) is 0 Å². The second-order valence-electron chi connectivity index (χ2n) is 11.9. The number of phenolic OH excluding ortho intramolecular Hbond substituents is 7. The van der Waals surface area contributed by atoms with Gasteiger partial charge in [-0.15, -0.1) is 0 Å². The van der Waals surface area contributed by atoms with Gasteiger partial charge in [-0.3, -0.25) is 0 Å².